The number of carbonyl (C=O) groups is 2. The molecule has 1 aromatic heterocycles. The van der Waals surface area contributed by atoms with Gasteiger partial charge in [-0.2, -0.15) is 13.2 Å². The molecule has 2 aliphatic heterocycles. The zero-order chi connectivity index (χ0) is 30.4. The second-order valence-electron chi connectivity index (χ2n) is 11.5. The van der Waals surface area contributed by atoms with Crippen molar-refractivity contribution in [3.8, 4) is 0 Å². The number of hydrogen-bond donors (Lipinski definition) is 0. The third kappa shape index (κ3) is 7.97. The first-order valence-electron chi connectivity index (χ1n) is 14.8. The van der Waals surface area contributed by atoms with Crippen molar-refractivity contribution in [1.82, 2.24) is 19.7 Å². The zero-order valence-corrected chi connectivity index (χ0v) is 24.3. The summed E-state index contributed by atoms with van der Waals surface area (Å²) in [6.45, 7) is 4.42. The number of likely N-dealkylation sites (tertiary alicyclic amines) is 2. The number of ketones is 1. The van der Waals surface area contributed by atoms with Crippen LogP contribution in [0.1, 0.15) is 58.3 Å². The van der Waals surface area contributed by atoms with Gasteiger partial charge >= 0.3 is 6.18 Å². The van der Waals surface area contributed by atoms with E-state index in [0.717, 1.165) is 69.6 Å². The highest BCUT2D eigenvalue weighted by atomic mass is 19.4. The van der Waals surface area contributed by atoms with Crippen LogP contribution in [0.5, 0.6) is 0 Å². The van der Waals surface area contributed by atoms with E-state index < -0.39 is 11.7 Å². The van der Waals surface area contributed by atoms with Crippen molar-refractivity contribution in [2.45, 2.75) is 50.5 Å². The standard InChI is InChI=1S/C34H37F3N4O2/c1-39-20-14-30(15-21-39)40-22-16-31(17-23-40)41(32(42)11-6-25-4-9-29(10-5-25)34(35,36)37)24-26-2-7-27(8-3-26)33(43)28-12-18-38-19-13-28/h2-13,18-19,30-31H,14-17,20-24H2,1H3. The number of nitrogens with zero attached hydrogens (tertiary/aromatic N) is 4. The fourth-order valence-electron chi connectivity index (χ4n) is 5.98. The molecule has 0 aliphatic carbocycles. The number of benzene rings is 2. The first kappa shape index (κ1) is 30.6. The molecule has 2 saturated heterocycles. The van der Waals surface area contributed by atoms with Crippen LogP contribution in [-0.2, 0) is 17.5 Å². The van der Waals surface area contributed by atoms with E-state index in [-0.39, 0.29) is 17.7 Å². The first-order chi connectivity index (χ1) is 20.7. The fourth-order valence-corrected chi connectivity index (χ4v) is 5.98. The molecule has 2 fully saturated rings. The zero-order valence-electron chi connectivity index (χ0n) is 24.3. The van der Waals surface area contributed by atoms with Crippen LogP contribution in [0.3, 0.4) is 0 Å². The van der Waals surface area contributed by atoms with E-state index in [4.69, 9.17) is 0 Å². The molecular weight excluding hydrogens is 553 g/mol. The Morgan fingerprint density at radius 2 is 1.47 bits per heavy atom. The van der Waals surface area contributed by atoms with Gasteiger partial charge in [0.25, 0.3) is 0 Å². The van der Waals surface area contributed by atoms with Crippen molar-refractivity contribution >= 4 is 17.8 Å². The fraction of sp³-hybridized carbons (Fsp3) is 0.382. The maximum absolute atomic E-state index is 13.6. The van der Waals surface area contributed by atoms with Crippen molar-refractivity contribution in [2.75, 3.05) is 33.2 Å². The summed E-state index contributed by atoms with van der Waals surface area (Å²) in [5.74, 6) is -0.280. The molecule has 6 nitrogen and oxygen atoms in total. The third-order valence-corrected chi connectivity index (χ3v) is 8.60. The van der Waals surface area contributed by atoms with Gasteiger partial charge in [0, 0.05) is 61.3 Å². The number of carbonyl (C=O) groups excluding carboxylic acids is 2. The number of rotatable bonds is 8. The minimum atomic E-state index is -4.41. The summed E-state index contributed by atoms with van der Waals surface area (Å²) in [5, 5.41) is 0. The lowest BCUT2D eigenvalue weighted by molar-refractivity contribution is -0.137. The van der Waals surface area contributed by atoms with E-state index in [2.05, 4.69) is 21.8 Å². The second-order valence-corrected chi connectivity index (χ2v) is 11.5. The van der Waals surface area contributed by atoms with Crippen molar-refractivity contribution < 1.29 is 22.8 Å². The molecule has 3 aromatic rings. The van der Waals surface area contributed by atoms with E-state index >= 15 is 0 Å². The molecule has 2 aromatic carbocycles. The highest BCUT2D eigenvalue weighted by molar-refractivity contribution is 6.08. The molecule has 0 saturated carbocycles. The van der Waals surface area contributed by atoms with Gasteiger partial charge in [-0.25, -0.2) is 0 Å². The summed E-state index contributed by atoms with van der Waals surface area (Å²) in [5.41, 5.74) is 1.82. The molecular formula is C34H37F3N4O2. The largest absolute Gasteiger partial charge is 0.416 e. The average molecular weight is 591 g/mol. The summed E-state index contributed by atoms with van der Waals surface area (Å²) in [7, 11) is 2.16. The van der Waals surface area contributed by atoms with Gasteiger partial charge in [0.05, 0.1) is 5.56 Å². The van der Waals surface area contributed by atoms with E-state index in [0.29, 0.717) is 29.3 Å². The molecule has 0 spiro atoms. The molecule has 0 radical (unpaired) electrons. The molecule has 5 rings (SSSR count). The van der Waals surface area contributed by atoms with Gasteiger partial charge in [0.15, 0.2) is 5.78 Å². The van der Waals surface area contributed by atoms with Crippen LogP contribution in [0.15, 0.2) is 79.1 Å². The normalized spacial score (nSPS) is 17.8. The number of piperidine rings is 2. The van der Waals surface area contributed by atoms with Crippen molar-refractivity contribution in [3.05, 3.63) is 107 Å². The van der Waals surface area contributed by atoms with Crippen LogP contribution in [0.25, 0.3) is 6.08 Å². The summed E-state index contributed by atoms with van der Waals surface area (Å²) >= 11 is 0. The Hall–Kier alpha value is -3.82. The molecule has 226 valence electrons. The lowest BCUT2D eigenvalue weighted by Gasteiger charge is -2.43. The Balaban J connectivity index is 1.30. The third-order valence-electron chi connectivity index (χ3n) is 8.60. The molecule has 43 heavy (non-hydrogen) atoms. The van der Waals surface area contributed by atoms with E-state index in [1.54, 1.807) is 42.7 Å². The number of pyridine rings is 1. The highest BCUT2D eigenvalue weighted by Crippen LogP contribution is 2.29. The summed E-state index contributed by atoms with van der Waals surface area (Å²) < 4.78 is 38.9. The van der Waals surface area contributed by atoms with Crippen molar-refractivity contribution in [1.29, 1.82) is 0 Å². The Labute approximate surface area is 250 Å². The molecule has 9 heteroatoms. The number of amides is 1. The van der Waals surface area contributed by atoms with Crippen LogP contribution in [0.4, 0.5) is 13.2 Å². The Morgan fingerprint density at radius 3 is 2.07 bits per heavy atom. The quantitative estimate of drug-likeness (QED) is 0.241. The lowest BCUT2D eigenvalue weighted by Crippen LogP contribution is -2.51. The van der Waals surface area contributed by atoms with Gasteiger partial charge in [-0.1, -0.05) is 36.4 Å². The summed E-state index contributed by atoms with van der Waals surface area (Å²) in [6, 6.07) is 16.1. The molecule has 1 amide bonds. The van der Waals surface area contributed by atoms with E-state index in [9.17, 15) is 22.8 Å². The molecule has 0 unspecified atom stereocenters. The Bertz CT molecular complexity index is 1390. The van der Waals surface area contributed by atoms with Gasteiger partial charge in [0.1, 0.15) is 0 Å². The Morgan fingerprint density at radius 1 is 0.860 bits per heavy atom. The monoisotopic (exact) mass is 590 g/mol. The van der Waals surface area contributed by atoms with Gasteiger partial charge in [-0.15, -0.1) is 0 Å². The minimum absolute atomic E-state index is 0.0328. The second kappa shape index (κ2) is 13.7. The minimum Gasteiger partial charge on any atom is -0.332 e. The lowest BCUT2D eigenvalue weighted by atomic mass is 9.96. The van der Waals surface area contributed by atoms with Crippen molar-refractivity contribution in [3.63, 3.8) is 0 Å². The maximum atomic E-state index is 13.6. The average Bonchev–Trinajstić information content (AvgIpc) is 3.03. The van der Waals surface area contributed by atoms with Crippen LogP contribution in [-0.4, -0.2) is 76.7 Å². The number of halogens is 3. The van der Waals surface area contributed by atoms with Crippen LogP contribution >= 0.6 is 0 Å². The summed E-state index contributed by atoms with van der Waals surface area (Å²) in [4.78, 5) is 37.2. The maximum Gasteiger partial charge on any atom is 0.416 e. The molecule has 3 heterocycles. The molecule has 2 aliphatic rings. The predicted octanol–water partition coefficient (Wildman–Crippen LogP) is 5.93. The number of alkyl halides is 3. The van der Waals surface area contributed by atoms with E-state index in [1.165, 1.54) is 18.2 Å². The molecule has 0 N–H and O–H groups in total. The topological polar surface area (TPSA) is 56.8 Å². The predicted molar refractivity (Wildman–Crippen MR) is 160 cm³/mol. The number of hydrogen-bond acceptors (Lipinski definition) is 5. The smallest absolute Gasteiger partial charge is 0.332 e. The SMILES string of the molecule is CN1CCC(N2CCC(N(Cc3ccc(C(=O)c4ccncc4)cc3)C(=O)C=Cc3ccc(C(F)(F)F)cc3)CC2)CC1. The van der Waals surface area contributed by atoms with Crippen molar-refractivity contribution in [2.24, 2.45) is 0 Å². The van der Waals surface area contributed by atoms with Gasteiger partial charge in [-0.05, 0) is 87.3 Å². The van der Waals surface area contributed by atoms with Crippen LogP contribution in [0.2, 0.25) is 0 Å². The number of aromatic nitrogens is 1. The molecule has 0 atom stereocenters. The van der Waals surface area contributed by atoms with Crippen LogP contribution < -0.4 is 0 Å². The van der Waals surface area contributed by atoms with Crippen LogP contribution in [0, 0.1) is 0 Å². The van der Waals surface area contributed by atoms with Gasteiger partial charge in [0.2, 0.25) is 5.91 Å². The highest BCUT2D eigenvalue weighted by Gasteiger charge is 2.32. The van der Waals surface area contributed by atoms with Gasteiger partial charge < -0.3 is 14.7 Å². The van der Waals surface area contributed by atoms with Gasteiger partial charge in [-0.3, -0.25) is 14.6 Å². The summed E-state index contributed by atoms with van der Waals surface area (Å²) in [6.07, 6.45) is 5.80. The van der Waals surface area contributed by atoms with E-state index in [1.807, 2.05) is 17.0 Å². The first-order valence-corrected chi connectivity index (χ1v) is 14.8. The molecule has 0 bridgehead atoms. The Kier molecular flexibility index (Phi) is 9.72.